The van der Waals surface area contributed by atoms with Gasteiger partial charge in [0, 0.05) is 58.3 Å². The molecule has 1 aromatic carbocycles. The summed E-state index contributed by atoms with van der Waals surface area (Å²) in [7, 11) is 5.19. The molecule has 8 heteroatoms. The summed E-state index contributed by atoms with van der Waals surface area (Å²) < 4.78 is 5.52. The molecule has 3 amide bonds. The largest absolute Gasteiger partial charge is 0.496 e. The molecule has 0 bridgehead atoms. The lowest BCUT2D eigenvalue weighted by molar-refractivity contribution is -0.140. The average molecular weight is 411 g/mol. The molecule has 0 aromatic heterocycles. The number of rotatable bonds is 3. The highest BCUT2D eigenvalue weighted by atomic mass is 35.5. The highest BCUT2D eigenvalue weighted by Gasteiger charge is 2.35. The standard InChI is InChI=1S/C20H30N4O3.ClH/c1-22(2)20(26)23-11-8-15(9-12-23)19(25)24-13-10-21-14-17(24)16-6-4-5-7-18(16)27-3;/h4-7,15,17,21H,8-14H2,1-3H3;1H. The van der Waals surface area contributed by atoms with E-state index in [1.165, 1.54) is 0 Å². The van der Waals surface area contributed by atoms with E-state index in [1.54, 1.807) is 26.1 Å². The van der Waals surface area contributed by atoms with Crippen LogP contribution in [0.4, 0.5) is 4.79 Å². The first-order valence-electron chi connectivity index (χ1n) is 9.63. The molecule has 1 atom stereocenters. The zero-order chi connectivity index (χ0) is 19.4. The number of benzene rings is 1. The molecule has 156 valence electrons. The molecular weight excluding hydrogens is 380 g/mol. The minimum atomic E-state index is -0.0242. The van der Waals surface area contributed by atoms with Crippen LogP contribution in [0.3, 0.4) is 0 Å². The van der Waals surface area contributed by atoms with Crippen LogP contribution in [0.5, 0.6) is 5.75 Å². The van der Waals surface area contributed by atoms with Gasteiger partial charge in [-0.2, -0.15) is 0 Å². The van der Waals surface area contributed by atoms with Crippen molar-refractivity contribution in [2.24, 2.45) is 5.92 Å². The molecule has 0 aliphatic carbocycles. The van der Waals surface area contributed by atoms with Crippen molar-refractivity contribution in [3.63, 3.8) is 0 Å². The number of urea groups is 1. The minimum Gasteiger partial charge on any atom is -0.496 e. The van der Waals surface area contributed by atoms with Crippen LogP contribution in [0.1, 0.15) is 24.4 Å². The highest BCUT2D eigenvalue weighted by molar-refractivity contribution is 5.85. The number of halogens is 1. The summed E-state index contributed by atoms with van der Waals surface area (Å²) in [6, 6.07) is 7.91. The number of para-hydroxylation sites is 1. The van der Waals surface area contributed by atoms with Crippen LogP contribution < -0.4 is 10.1 Å². The molecule has 2 heterocycles. The maximum Gasteiger partial charge on any atom is 0.319 e. The number of amides is 3. The smallest absolute Gasteiger partial charge is 0.319 e. The van der Waals surface area contributed by atoms with Crippen LogP contribution in [0.25, 0.3) is 0 Å². The normalized spacial score (nSPS) is 20.3. The number of carbonyl (C=O) groups is 2. The van der Waals surface area contributed by atoms with Crippen molar-refractivity contribution in [1.29, 1.82) is 0 Å². The summed E-state index contributed by atoms with van der Waals surface area (Å²) in [4.78, 5) is 30.8. The van der Waals surface area contributed by atoms with Crippen molar-refractivity contribution in [3.05, 3.63) is 29.8 Å². The number of nitrogens with zero attached hydrogens (tertiary/aromatic N) is 3. The molecule has 7 nitrogen and oxygen atoms in total. The minimum absolute atomic E-state index is 0. The second-order valence-electron chi connectivity index (χ2n) is 7.43. The van der Waals surface area contributed by atoms with Crippen LogP contribution in [-0.4, -0.2) is 80.6 Å². The average Bonchev–Trinajstić information content (AvgIpc) is 2.72. The van der Waals surface area contributed by atoms with Crippen molar-refractivity contribution in [1.82, 2.24) is 20.0 Å². The summed E-state index contributed by atoms with van der Waals surface area (Å²) in [5.74, 6) is 0.992. The topological polar surface area (TPSA) is 65.1 Å². The molecule has 0 spiro atoms. The first-order chi connectivity index (χ1) is 13.0. The molecule has 3 rings (SSSR count). The van der Waals surface area contributed by atoms with Crippen LogP contribution in [0.2, 0.25) is 0 Å². The van der Waals surface area contributed by atoms with Gasteiger partial charge in [0.05, 0.1) is 13.2 Å². The number of likely N-dealkylation sites (tertiary alicyclic amines) is 1. The molecule has 1 N–H and O–H groups in total. The van der Waals surface area contributed by atoms with E-state index in [2.05, 4.69) is 5.32 Å². The SMILES string of the molecule is COc1ccccc1C1CNCCN1C(=O)C1CCN(C(=O)N(C)C)CC1.Cl. The number of methoxy groups -OCH3 is 1. The van der Waals surface area contributed by atoms with Gasteiger partial charge in [-0.25, -0.2) is 4.79 Å². The maximum atomic E-state index is 13.3. The lowest BCUT2D eigenvalue weighted by Crippen LogP contribution is -2.52. The number of nitrogens with one attached hydrogen (secondary N) is 1. The Hall–Kier alpha value is -1.99. The molecule has 1 aromatic rings. The van der Waals surface area contributed by atoms with E-state index in [0.717, 1.165) is 37.2 Å². The number of piperazine rings is 1. The third-order valence-corrected chi connectivity index (χ3v) is 5.52. The van der Waals surface area contributed by atoms with Crippen LogP contribution in [0.15, 0.2) is 24.3 Å². The molecule has 2 aliphatic heterocycles. The Kier molecular flexibility index (Phi) is 7.95. The van der Waals surface area contributed by atoms with E-state index in [9.17, 15) is 9.59 Å². The zero-order valence-electron chi connectivity index (χ0n) is 16.9. The van der Waals surface area contributed by atoms with Gasteiger partial charge in [-0.05, 0) is 18.9 Å². The van der Waals surface area contributed by atoms with Crippen LogP contribution in [0, 0.1) is 5.92 Å². The van der Waals surface area contributed by atoms with Crippen molar-refractivity contribution in [3.8, 4) is 5.75 Å². The Bertz CT molecular complexity index is 677. The summed E-state index contributed by atoms with van der Waals surface area (Å²) in [6.45, 7) is 3.50. The van der Waals surface area contributed by atoms with Crippen LogP contribution >= 0.6 is 12.4 Å². The summed E-state index contributed by atoms with van der Waals surface area (Å²) in [5, 5.41) is 3.40. The number of hydrogen-bond acceptors (Lipinski definition) is 4. The van der Waals surface area contributed by atoms with E-state index in [0.29, 0.717) is 19.6 Å². The number of piperidine rings is 1. The van der Waals surface area contributed by atoms with E-state index in [4.69, 9.17) is 4.74 Å². The fourth-order valence-corrected chi connectivity index (χ4v) is 4.02. The van der Waals surface area contributed by atoms with Crippen molar-refractivity contribution in [2.75, 3.05) is 53.9 Å². The zero-order valence-corrected chi connectivity index (χ0v) is 17.7. The maximum absolute atomic E-state index is 13.3. The monoisotopic (exact) mass is 410 g/mol. The van der Waals surface area contributed by atoms with Crippen molar-refractivity contribution < 1.29 is 14.3 Å². The molecule has 2 aliphatic rings. The second-order valence-corrected chi connectivity index (χ2v) is 7.43. The quantitative estimate of drug-likeness (QED) is 0.827. The fourth-order valence-electron chi connectivity index (χ4n) is 4.02. The molecule has 28 heavy (non-hydrogen) atoms. The van der Waals surface area contributed by atoms with Gasteiger partial charge < -0.3 is 24.8 Å². The van der Waals surface area contributed by atoms with Crippen molar-refractivity contribution in [2.45, 2.75) is 18.9 Å². The van der Waals surface area contributed by atoms with Gasteiger partial charge in [-0.1, -0.05) is 18.2 Å². The molecule has 1 unspecified atom stereocenters. The predicted octanol–water partition coefficient (Wildman–Crippen LogP) is 1.98. The third-order valence-electron chi connectivity index (χ3n) is 5.52. The van der Waals surface area contributed by atoms with Gasteiger partial charge >= 0.3 is 6.03 Å². The van der Waals surface area contributed by atoms with Gasteiger partial charge in [-0.3, -0.25) is 4.79 Å². The molecule has 2 fully saturated rings. The van der Waals surface area contributed by atoms with Crippen molar-refractivity contribution >= 4 is 24.3 Å². The van der Waals surface area contributed by atoms with Gasteiger partial charge in [0.15, 0.2) is 0 Å². The number of hydrogen-bond donors (Lipinski definition) is 1. The van der Waals surface area contributed by atoms with Gasteiger partial charge in [0.2, 0.25) is 5.91 Å². The Morgan fingerprint density at radius 2 is 1.82 bits per heavy atom. The first-order valence-corrected chi connectivity index (χ1v) is 9.63. The molecule has 2 saturated heterocycles. The number of ether oxygens (including phenoxy) is 1. The highest BCUT2D eigenvalue weighted by Crippen LogP contribution is 2.32. The summed E-state index contributed by atoms with van der Waals surface area (Å²) in [6.07, 6.45) is 1.45. The Balaban J connectivity index is 0.00000280. The summed E-state index contributed by atoms with van der Waals surface area (Å²) in [5.41, 5.74) is 1.04. The third kappa shape index (κ3) is 4.70. The second kappa shape index (κ2) is 9.98. The van der Waals surface area contributed by atoms with E-state index >= 15 is 0 Å². The fraction of sp³-hybridized carbons (Fsp3) is 0.600. The molecule has 0 radical (unpaired) electrons. The van der Waals surface area contributed by atoms with E-state index in [-0.39, 0.29) is 36.3 Å². The van der Waals surface area contributed by atoms with Gasteiger partial charge in [-0.15, -0.1) is 12.4 Å². The van der Waals surface area contributed by atoms with E-state index < -0.39 is 0 Å². The molecular formula is C20H31ClN4O3. The summed E-state index contributed by atoms with van der Waals surface area (Å²) >= 11 is 0. The lowest BCUT2D eigenvalue weighted by atomic mass is 9.93. The Labute approximate surface area is 173 Å². The van der Waals surface area contributed by atoms with Gasteiger partial charge in [0.25, 0.3) is 0 Å². The van der Waals surface area contributed by atoms with Crippen LogP contribution in [-0.2, 0) is 4.79 Å². The van der Waals surface area contributed by atoms with Gasteiger partial charge in [0.1, 0.15) is 5.75 Å². The first kappa shape index (κ1) is 22.3. The van der Waals surface area contributed by atoms with E-state index in [1.807, 2.05) is 34.1 Å². The molecule has 0 saturated carbocycles. The Morgan fingerprint density at radius 3 is 2.46 bits per heavy atom. The lowest BCUT2D eigenvalue weighted by Gasteiger charge is -2.41. The predicted molar refractivity (Wildman–Crippen MR) is 111 cm³/mol. The Morgan fingerprint density at radius 1 is 1.14 bits per heavy atom. The number of carbonyl (C=O) groups excluding carboxylic acids is 2.